The first-order valence-electron chi connectivity index (χ1n) is 24.5. The Morgan fingerprint density at radius 1 is 0.267 bits per heavy atom. The van der Waals surface area contributed by atoms with Crippen LogP contribution in [0.4, 0.5) is 51.2 Å². The Morgan fingerprint density at radius 2 is 0.493 bits per heavy atom. The Balaban J connectivity index is 1.10. The number of benzene rings is 10. The van der Waals surface area contributed by atoms with E-state index in [9.17, 15) is 4.79 Å². The van der Waals surface area contributed by atoms with Crippen molar-refractivity contribution in [2.24, 2.45) is 0 Å². The minimum atomic E-state index is 0.560. The number of hydrogen-bond donors (Lipinski definition) is 0. The Hall–Kier alpha value is -9.73. The van der Waals surface area contributed by atoms with E-state index in [0.29, 0.717) is 11.3 Å². The van der Waals surface area contributed by atoms with Crippen molar-refractivity contribution in [1.82, 2.24) is 0 Å². The van der Waals surface area contributed by atoms with Crippen molar-refractivity contribution in [3.63, 3.8) is 0 Å². The summed E-state index contributed by atoms with van der Waals surface area (Å²) >= 11 is 0. The summed E-state index contributed by atoms with van der Waals surface area (Å²) in [4.78, 5) is 18.9. The molecule has 0 bridgehead atoms. The van der Waals surface area contributed by atoms with Crippen LogP contribution in [-0.4, -0.2) is 41.8 Å². The van der Waals surface area contributed by atoms with Crippen LogP contribution in [-0.2, 0) is 0 Å². The lowest BCUT2D eigenvalue weighted by molar-refractivity contribution is 0.112. The summed E-state index contributed by atoms with van der Waals surface area (Å²) in [5, 5.41) is 0. The molecule has 370 valence electrons. The van der Waals surface area contributed by atoms with Gasteiger partial charge in [-0.25, -0.2) is 0 Å². The van der Waals surface area contributed by atoms with Crippen LogP contribution in [0.5, 0.6) is 28.7 Å². The molecule has 0 aliphatic carbocycles. The monoisotopic (exact) mass is 985 g/mol. The van der Waals surface area contributed by atoms with Gasteiger partial charge in [-0.1, -0.05) is 109 Å². The number of nitrogens with zero attached hydrogens (tertiary/aromatic N) is 3. The second-order valence-electron chi connectivity index (χ2n) is 17.5. The van der Waals surface area contributed by atoms with Crippen molar-refractivity contribution in [1.29, 1.82) is 0 Å². The summed E-state index contributed by atoms with van der Waals surface area (Å²) in [5.41, 5.74) is 14.5. The van der Waals surface area contributed by atoms with Crippen molar-refractivity contribution in [3.05, 3.63) is 242 Å². The SMILES string of the molecule is COc1ccccc1N(c1ccc(-c2cc(-c3ccc(N(c4ccccc4OC)c4ccccc4OC)cc3)cc(-c3ccc(N(c4ccccc4OC)c4ccccc4OC)cc3)c2)cc1)c1ccccc1C=O. The molecule has 10 rings (SSSR count). The maximum Gasteiger partial charge on any atom is 0.152 e. The third kappa shape index (κ3) is 9.95. The van der Waals surface area contributed by atoms with Gasteiger partial charge in [-0.3, -0.25) is 4.79 Å². The van der Waals surface area contributed by atoms with Gasteiger partial charge in [0.1, 0.15) is 28.7 Å². The number of aldehydes is 1. The van der Waals surface area contributed by atoms with E-state index in [-0.39, 0.29) is 0 Å². The molecule has 0 radical (unpaired) electrons. The molecule has 0 saturated heterocycles. The first kappa shape index (κ1) is 48.9. The van der Waals surface area contributed by atoms with E-state index in [0.717, 1.165) is 114 Å². The van der Waals surface area contributed by atoms with Gasteiger partial charge in [0, 0.05) is 22.6 Å². The molecule has 0 saturated carbocycles. The maximum atomic E-state index is 12.5. The summed E-state index contributed by atoms with van der Waals surface area (Å²) in [6.07, 6.45) is 0.890. The molecule has 9 nitrogen and oxygen atoms in total. The average Bonchev–Trinajstić information content (AvgIpc) is 3.48. The number of anilines is 9. The number of rotatable bonds is 18. The summed E-state index contributed by atoms with van der Waals surface area (Å²) in [6.45, 7) is 0. The van der Waals surface area contributed by atoms with Gasteiger partial charge >= 0.3 is 0 Å². The fourth-order valence-corrected chi connectivity index (χ4v) is 9.62. The van der Waals surface area contributed by atoms with E-state index in [1.165, 1.54) is 0 Å². The van der Waals surface area contributed by atoms with E-state index in [2.05, 4.69) is 106 Å². The molecule has 9 heteroatoms. The predicted octanol–water partition coefficient (Wildman–Crippen LogP) is 17.0. The lowest BCUT2D eigenvalue weighted by Crippen LogP contribution is -2.13. The Labute approximate surface area is 438 Å². The number of hydrogen-bond acceptors (Lipinski definition) is 9. The third-order valence-corrected chi connectivity index (χ3v) is 13.2. The van der Waals surface area contributed by atoms with E-state index >= 15 is 0 Å². The van der Waals surface area contributed by atoms with E-state index in [1.54, 1.807) is 35.5 Å². The van der Waals surface area contributed by atoms with Crippen LogP contribution in [0.2, 0.25) is 0 Å². The highest BCUT2D eigenvalue weighted by Gasteiger charge is 2.23. The van der Waals surface area contributed by atoms with E-state index in [4.69, 9.17) is 23.7 Å². The maximum absolute atomic E-state index is 12.5. The zero-order chi connectivity index (χ0) is 51.7. The van der Waals surface area contributed by atoms with Gasteiger partial charge in [0.2, 0.25) is 0 Å². The van der Waals surface area contributed by atoms with Crippen molar-refractivity contribution in [2.75, 3.05) is 50.2 Å². The number of carbonyl (C=O) groups is 1. The normalized spacial score (nSPS) is 10.8. The molecule has 75 heavy (non-hydrogen) atoms. The molecule has 0 aliphatic heterocycles. The predicted molar refractivity (Wildman–Crippen MR) is 305 cm³/mol. The van der Waals surface area contributed by atoms with Gasteiger partial charge in [0.15, 0.2) is 6.29 Å². The summed E-state index contributed by atoms with van der Waals surface area (Å²) in [5.74, 6) is 3.61. The fraction of sp³-hybridized carbons (Fsp3) is 0.0758. The fourth-order valence-electron chi connectivity index (χ4n) is 9.62. The molecular weight excluding hydrogens is 931 g/mol. The van der Waals surface area contributed by atoms with Gasteiger partial charge in [0.25, 0.3) is 0 Å². The molecule has 10 aromatic rings. The Morgan fingerprint density at radius 3 is 0.747 bits per heavy atom. The quantitative estimate of drug-likeness (QED) is 0.0782. The Kier molecular flexibility index (Phi) is 14.6. The zero-order valence-electron chi connectivity index (χ0n) is 42.4. The molecule has 0 amide bonds. The topological polar surface area (TPSA) is 72.9 Å². The van der Waals surface area contributed by atoms with Crippen LogP contribution in [0.1, 0.15) is 10.4 Å². The van der Waals surface area contributed by atoms with Crippen molar-refractivity contribution in [3.8, 4) is 62.1 Å². The molecule has 0 heterocycles. The van der Waals surface area contributed by atoms with Crippen molar-refractivity contribution < 1.29 is 28.5 Å². The second kappa shape index (κ2) is 22.4. The van der Waals surface area contributed by atoms with Crippen LogP contribution < -0.4 is 38.4 Å². The second-order valence-corrected chi connectivity index (χ2v) is 17.5. The van der Waals surface area contributed by atoms with Crippen LogP contribution in [0, 0.1) is 0 Å². The highest BCUT2D eigenvalue weighted by Crippen LogP contribution is 2.47. The highest BCUT2D eigenvalue weighted by molar-refractivity contribution is 5.93. The number of methoxy groups -OCH3 is 5. The molecule has 0 unspecified atom stereocenters. The number of para-hydroxylation sites is 11. The molecule has 0 atom stereocenters. The lowest BCUT2D eigenvalue weighted by Gasteiger charge is -2.28. The minimum Gasteiger partial charge on any atom is -0.495 e. The number of ether oxygens (including phenoxy) is 5. The number of carbonyl (C=O) groups excluding carboxylic acids is 1. The van der Waals surface area contributed by atoms with Gasteiger partial charge in [-0.05, 0) is 161 Å². The van der Waals surface area contributed by atoms with Crippen LogP contribution in [0.3, 0.4) is 0 Å². The van der Waals surface area contributed by atoms with Gasteiger partial charge < -0.3 is 38.4 Å². The first-order chi connectivity index (χ1) is 36.9. The molecule has 0 aromatic heterocycles. The van der Waals surface area contributed by atoms with Gasteiger partial charge in [0.05, 0.1) is 69.7 Å². The molecule has 10 aromatic carbocycles. The van der Waals surface area contributed by atoms with Gasteiger partial charge in [-0.2, -0.15) is 0 Å². The van der Waals surface area contributed by atoms with E-state index < -0.39 is 0 Å². The standard InChI is InChI=1S/C66H55N3O6/c1-71-62-25-13-8-20-57(62)67(56-19-7-6-18-49(56)45-70)53-36-30-46(31-37-53)50-42-51(47-32-38-54(39-33-47)68(58-21-9-14-26-63(58)72-2)59-22-10-15-27-64(59)73-3)44-52(43-50)48-34-40-55(41-35-48)69(60-23-11-16-28-65(60)74-4)61-24-12-17-29-66(61)75-5/h6-45H,1-5H3. The van der Waals surface area contributed by atoms with Crippen LogP contribution in [0.15, 0.2) is 237 Å². The lowest BCUT2D eigenvalue weighted by atomic mass is 9.93. The van der Waals surface area contributed by atoms with Crippen molar-refractivity contribution >= 4 is 57.5 Å². The molecule has 0 aliphatic rings. The third-order valence-electron chi connectivity index (χ3n) is 13.2. The smallest absolute Gasteiger partial charge is 0.152 e. The molecule has 0 fully saturated rings. The first-order valence-corrected chi connectivity index (χ1v) is 24.5. The average molecular weight is 986 g/mol. The van der Waals surface area contributed by atoms with Gasteiger partial charge in [-0.15, -0.1) is 0 Å². The minimum absolute atomic E-state index is 0.560. The highest BCUT2D eigenvalue weighted by atomic mass is 16.5. The summed E-state index contributed by atoms with van der Waals surface area (Å²) in [6, 6.07) is 79.8. The molecule has 0 N–H and O–H groups in total. The summed E-state index contributed by atoms with van der Waals surface area (Å²) in [7, 11) is 8.41. The zero-order valence-corrected chi connectivity index (χ0v) is 42.4. The molecular formula is C66H55N3O6. The largest absolute Gasteiger partial charge is 0.495 e. The molecule has 0 spiro atoms. The summed E-state index contributed by atoms with van der Waals surface area (Å²) < 4.78 is 29.5. The van der Waals surface area contributed by atoms with E-state index in [1.807, 2.05) is 146 Å². The van der Waals surface area contributed by atoms with Crippen LogP contribution in [0.25, 0.3) is 33.4 Å². The Bertz CT molecular complexity index is 3320. The van der Waals surface area contributed by atoms with Crippen molar-refractivity contribution in [2.45, 2.75) is 0 Å². The van der Waals surface area contributed by atoms with Crippen LogP contribution >= 0.6 is 0 Å².